The molecule has 1 aliphatic heterocycles. The summed E-state index contributed by atoms with van der Waals surface area (Å²) in [4.78, 5) is 19.4. The fourth-order valence-electron chi connectivity index (χ4n) is 4.56. The fraction of sp³-hybridized carbons (Fsp3) is 0.304. The molecule has 164 valence electrons. The predicted octanol–water partition coefficient (Wildman–Crippen LogP) is 3.79. The number of nitrogens with one attached hydrogen (secondary N) is 1. The minimum absolute atomic E-state index is 0.0772. The lowest BCUT2D eigenvalue weighted by molar-refractivity contribution is 0.332. The van der Waals surface area contributed by atoms with Gasteiger partial charge in [-0.1, -0.05) is 0 Å². The van der Waals surface area contributed by atoms with Gasteiger partial charge in [0.05, 0.1) is 30.4 Å². The zero-order valence-electron chi connectivity index (χ0n) is 18.0. The summed E-state index contributed by atoms with van der Waals surface area (Å²) >= 11 is 1.55. The van der Waals surface area contributed by atoms with Gasteiger partial charge in [-0.2, -0.15) is 15.6 Å². The van der Waals surface area contributed by atoms with Crippen LogP contribution in [0.1, 0.15) is 24.4 Å². The van der Waals surface area contributed by atoms with Crippen molar-refractivity contribution in [2.24, 2.45) is 5.92 Å². The van der Waals surface area contributed by atoms with Crippen LogP contribution in [0.25, 0.3) is 22.3 Å². The first kappa shape index (κ1) is 21.0. The topological polar surface area (TPSA) is 123 Å². The van der Waals surface area contributed by atoms with Gasteiger partial charge in [-0.3, -0.25) is 4.68 Å². The van der Waals surface area contributed by atoms with Crippen LogP contribution in [-0.4, -0.2) is 49.1 Å². The Kier molecular flexibility index (Phi) is 5.68. The largest absolute Gasteiger partial charge is 0.355 e. The van der Waals surface area contributed by atoms with Gasteiger partial charge in [-0.25, -0.2) is 15.0 Å². The number of hydrogen-bond donors (Lipinski definition) is 1. The van der Waals surface area contributed by atoms with Crippen molar-refractivity contribution in [2.45, 2.75) is 23.8 Å². The Labute approximate surface area is 195 Å². The third kappa shape index (κ3) is 3.79. The molecule has 1 fully saturated rings. The minimum Gasteiger partial charge on any atom is -0.355 e. The van der Waals surface area contributed by atoms with Crippen molar-refractivity contribution in [2.75, 3.05) is 24.2 Å². The van der Waals surface area contributed by atoms with Crippen LogP contribution in [0.15, 0.2) is 48.1 Å². The van der Waals surface area contributed by atoms with Crippen LogP contribution >= 0.6 is 11.8 Å². The molecule has 0 spiro atoms. The van der Waals surface area contributed by atoms with Gasteiger partial charge in [0.1, 0.15) is 29.4 Å². The molecule has 1 aliphatic rings. The Hall–Kier alpha value is -3.89. The van der Waals surface area contributed by atoms with E-state index in [1.54, 1.807) is 24.2 Å². The van der Waals surface area contributed by atoms with Crippen LogP contribution in [0.5, 0.6) is 0 Å². The van der Waals surface area contributed by atoms with Gasteiger partial charge < -0.3 is 9.88 Å². The molecule has 0 aliphatic carbocycles. The van der Waals surface area contributed by atoms with E-state index in [1.165, 1.54) is 6.33 Å². The molecule has 0 bridgehead atoms. The molecule has 0 amide bonds. The maximum atomic E-state index is 9.70. The number of rotatable bonds is 6. The Balaban J connectivity index is 1.42. The summed E-state index contributed by atoms with van der Waals surface area (Å²) in [5, 5.41) is 24.8. The zero-order valence-corrected chi connectivity index (χ0v) is 18.8. The van der Waals surface area contributed by atoms with Crippen LogP contribution in [-0.2, 0) is 0 Å². The summed E-state index contributed by atoms with van der Waals surface area (Å²) in [5.41, 5.74) is 3.10. The second-order valence-corrected chi connectivity index (χ2v) is 8.77. The molecule has 2 unspecified atom stereocenters. The number of aromatic nitrogens is 6. The maximum absolute atomic E-state index is 9.70. The van der Waals surface area contributed by atoms with Crippen molar-refractivity contribution in [3.63, 3.8) is 0 Å². The first-order valence-electron chi connectivity index (χ1n) is 10.6. The van der Waals surface area contributed by atoms with E-state index in [4.69, 9.17) is 0 Å². The summed E-state index contributed by atoms with van der Waals surface area (Å²) < 4.78 is 1.89. The highest BCUT2D eigenvalue weighted by Gasteiger charge is 2.33. The first-order chi connectivity index (χ1) is 16.2. The lowest BCUT2D eigenvalue weighted by Gasteiger charge is -2.23. The number of pyridine rings is 1. The minimum atomic E-state index is -0.0772. The molecule has 1 saturated heterocycles. The van der Waals surface area contributed by atoms with E-state index in [0.717, 1.165) is 52.5 Å². The zero-order chi connectivity index (χ0) is 22.8. The number of hydrogen-bond acceptors (Lipinski definition) is 8. The predicted molar refractivity (Wildman–Crippen MR) is 125 cm³/mol. The number of H-pyrrole nitrogens is 1. The van der Waals surface area contributed by atoms with Crippen LogP contribution in [0.4, 0.5) is 5.82 Å². The molecule has 2 atom stereocenters. The highest BCUT2D eigenvalue weighted by molar-refractivity contribution is 7.98. The van der Waals surface area contributed by atoms with E-state index in [9.17, 15) is 10.5 Å². The van der Waals surface area contributed by atoms with Gasteiger partial charge in [-0.05, 0) is 24.8 Å². The molecule has 0 aromatic carbocycles. The number of nitrogens with zero attached hydrogens (tertiary/aromatic N) is 8. The van der Waals surface area contributed by atoms with Gasteiger partial charge in [0.25, 0.3) is 0 Å². The highest BCUT2D eigenvalue weighted by Crippen LogP contribution is 2.36. The Morgan fingerprint density at radius 2 is 2.18 bits per heavy atom. The Morgan fingerprint density at radius 3 is 3.00 bits per heavy atom. The van der Waals surface area contributed by atoms with Crippen molar-refractivity contribution in [1.29, 1.82) is 10.5 Å². The van der Waals surface area contributed by atoms with Gasteiger partial charge in [0, 0.05) is 53.4 Å². The summed E-state index contributed by atoms with van der Waals surface area (Å²) in [6, 6.07) is 8.40. The third-order valence-electron chi connectivity index (χ3n) is 6.16. The van der Waals surface area contributed by atoms with Crippen molar-refractivity contribution in [3.8, 4) is 23.4 Å². The summed E-state index contributed by atoms with van der Waals surface area (Å²) in [7, 11) is 0. The number of thioether (sulfide) groups is 1. The molecule has 0 radical (unpaired) electrons. The molecule has 4 aromatic rings. The van der Waals surface area contributed by atoms with Gasteiger partial charge >= 0.3 is 0 Å². The molecule has 5 heterocycles. The molecule has 4 aromatic heterocycles. The van der Waals surface area contributed by atoms with E-state index in [0.29, 0.717) is 12.0 Å². The second-order valence-electron chi connectivity index (χ2n) is 7.92. The van der Waals surface area contributed by atoms with Crippen molar-refractivity contribution in [3.05, 3.63) is 48.8 Å². The maximum Gasteiger partial charge on any atom is 0.147 e. The van der Waals surface area contributed by atoms with Crippen LogP contribution < -0.4 is 4.90 Å². The summed E-state index contributed by atoms with van der Waals surface area (Å²) in [6.07, 6.45) is 12.1. The monoisotopic (exact) mass is 455 g/mol. The van der Waals surface area contributed by atoms with Crippen LogP contribution in [0, 0.1) is 28.6 Å². The van der Waals surface area contributed by atoms with Crippen molar-refractivity contribution < 1.29 is 0 Å². The van der Waals surface area contributed by atoms with E-state index < -0.39 is 0 Å². The van der Waals surface area contributed by atoms with Crippen molar-refractivity contribution >= 4 is 28.6 Å². The second kappa shape index (κ2) is 8.93. The number of fused-ring (bicyclic) bond motifs is 1. The molecule has 33 heavy (non-hydrogen) atoms. The molecule has 5 rings (SSSR count). The normalized spacial score (nSPS) is 16.6. The molecule has 9 nitrogen and oxygen atoms in total. The number of nitriles is 2. The average molecular weight is 456 g/mol. The SMILES string of the molecule is CSc1ccnc(N2CCC(C(CC#N)n3cc(-c4ncnc5[nH]ccc45)cn3)C2)c1C#N. The summed E-state index contributed by atoms with van der Waals surface area (Å²) in [5.74, 6) is 0.931. The number of anilines is 1. The van der Waals surface area contributed by atoms with E-state index in [1.807, 2.05) is 35.5 Å². The number of aromatic amines is 1. The van der Waals surface area contributed by atoms with Crippen molar-refractivity contribution in [1.82, 2.24) is 29.7 Å². The van der Waals surface area contributed by atoms with E-state index in [2.05, 4.69) is 42.1 Å². The molecular formula is C23H21N9S. The average Bonchev–Trinajstić information content (AvgIpc) is 3.62. The van der Waals surface area contributed by atoms with Crippen LogP contribution in [0.2, 0.25) is 0 Å². The third-order valence-corrected chi connectivity index (χ3v) is 6.94. The standard InChI is InChI=1S/C23H21N9S/c1-33-20-4-8-27-23(18(20)10-25)31-9-5-15(12-31)19(2-6-24)32-13-16(11-30-32)21-17-3-7-26-22(17)29-14-28-21/h3-4,7-8,11,13-15,19H,2,5,9,12H2,1H3,(H,26,28,29). The summed E-state index contributed by atoms with van der Waals surface area (Å²) in [6.45, 7) is 1.51. The van der Waals surface area contributed by atoms with Gasteiger partial charge in [-0.15, -0.1) is 11.8 Å². The molecule has 1 N–H and O–H groups in total. The highest BCUT2D eigenvalue weighted by atomic mass is 32.2. The lowest BCUT2D eigenvalue weighted by atomic mass is 9.96. The van der Waals surface area contributed by atoms with Gasteiger partial charge in [0.2, 0.25) is 0 Å². The van der Waals surface area contributed by atoms with E-state index >= 15 is 0 Å². The molecular weight excluding hydrogens is 434 g/mol. The fourth-order valence-corrected chi connectivity index (χ4v) is 5.09. The molecule has 0 saturated carbocycles. The molecule has 10 heteroatoms. The lowest BCUT2D eigenvalue weighted by Crippen LogP contribution is -2.26. The Morgan fingerprint density at radius 1 is 1.27 bits per heavy atom. The quantitative estimate of drug-likeness (QED) is 0.436. The first-order valence-corrected chi connectivity index (χ1v) is 11.8. The van der Waals surface area contributed by atoms with Crippen LogP contribution in [0.3, 0.4) is 0 Å². The van der Waals surface area contributed by atoms with E-state index in [-0.39, 0.29) is 12.0 Å². The Bertz CT molecular complexity index is 1380. The van der Waals surface area contributed by atoms with Gasteiger partial charge in [0.15, 0.2) is 0 Å². The smallest absolute Gasteiger partial charge is 0.147 e.